The van der Waals surface area contributed by atoms with Crippen LogP contribution in [0.15, 0.2) is 28.9 Å². The molecule has 0 bridgehead atoms. The number of nitrogens with zero attached hydrogens (tertiary/aromatic N) is 3. The molecule has 10 heteroatoms. The normalized spacial score (nSPS) is 12.0. The summed E-state index contributed by atoms with van der Waals surface area (Å²) < 4.78 is 17.5. The summed E-state index contributed by atoms with van der Waals surface area (Å²) in [7, 11) is 1.71. The van der Waals surface area contributed by atoms with Gasteiger partial charge in [0.05, 0.1) is 28.7 Å². The van der Waals surface area contributed by atoms with Crippen LogP contribution in [0.3, 0.4) is 0 Å². The van der Waals surface area contributed by atoms with E-state index in [1.165, 1.54) is 16.2 Å². The molecule has 0 N–H and O–H groups in total. The molecule has 0 aliphatic heterocycles. The van der Waals surface area contributed by atoms with Crippen molar-refractivity contribution in [2.45, 2.75) is 72.6 Å². The van der Waals surface area contributed by atoms with E-state index in [2.05, 4.69) is 4.98 Å². The van der Waals surface area contributed by atoms with Crippen molar-refractivity contribution in [3.63, 3.8) is 0 Å². The number of aromatic nitrogens is 1. The Hall–Kier alpha value is -2.78. The number of thiophene rings is 1. The monoisotopic (exact) mass is 535 g/mol. The molecule has 0 atom stereocenters. The van der Waals surface area contributed by atoms with Gasteiger partial charge in [-0.25, -0.2) is 14.6 Å². The van der Waals surface area contributed by atoms with Crippen LogP contribution in [0.5, 0.6) is 0 Å². The van der Waals surface area contributed by atoms with E-state index in [4.69, 9.17) is 25.5 Å². The minimum atomic E-state index is -0.683. The average molecular weight is 536 g/mol. The molecule has 3 heterocycles. The van der Waals surface area contributed by atoms with E-state index in [1.54, 1.807) is 36.4 Å². The van der Waals surface area contributed by atoms with Crippen LogP contribution in [-0.4, -0.2) is 46.9 Å². The van der Waals surface area contributed by atoms with E-state index in [0.717, 1.165) is 15.1 Å². The summed E-state index contributed by atoms with van der Waals surface area (Å²) >= 11 is 7.94. The summed E-state index contributed by atoms with van der Waals surface area (Å²) in [5.74, 6) is 0.606. The molecule has 0 radical (unpaired) electrons. The van der Waals surface area contributed by atoms with Crippen molar-refractivity contribution < 1.29 is 23.5 Å². The highest BCUT2D eigenvalue weighted by atomic mass is 35.5. The zero-order chi connectivity index (χ0) is 26.8. The lowest BCUT2D eigenvalue weighted by molar-refractivity contribution is 0.0300. The maximum Gasteiger partial charge on any atom is 0.415 e. The first-order valence-corrected chi connectivity index (χ1v) is 12.9. The summed E-state index contributed by atoms with van der Waals surface area (Å²) in [6, 6.07) is 5.24. The number of fused-ring (bicyclic) bond motifs is 1. The smallest absolute Gasteiger partial charge is 0.415 e. The quantitative estimate of drug-likeness (QED) is 0.310. The Labute approximate surface area is 221 Å². The Morgan fingerprint density at radius 2 is 1.75 bits per heavy atom. The third kappa shape index (κ3) is 7.13. The van der Waals surface area contributed by atoms with Crippen LogP contribution in [0.2, 0.25) is 5.15 Å². The van der Waals surface area contributed by atoms with Gasteiger partial charge in [0.15, 0.2) is 0 Å². The van der Waals surface area contributed by atoms with Crippen molar-refractivity contribution in [3.05, 3.63) is 45.8 Å². The fourth-order valence-electron chi connectivity index (χ4n) is 3.44. The molecule has 0 saturated heterocycles. The molecule has 0 spiro atoms. The zero-order valence-corrected chi connectivity index (χ0v) is 23.7. The molecule has 0 aliphatic carbocycles. The lowest BCUT2D eigenvalue weighted by Crippen LogP contribution is -2.36. The molecule has 36 heavy (non-hydrogen) atoms. The first-order valence-electron chi connectivity index (χ1n) is 11.7. The van der Waals surface area contributed by atoms with E-state index in [-0.39, 0.29) is 17.8 Å². The number of furan rings is 1. The van der Waals surface area contributed by atoms with Gasteiger partial charge in [-0.3, -0.25) is 4.90 Å². The highest BCUT2D eigenvalue weighted by Gasteiger charge is 2.28. The van der Waals surface area contributed by atoms with Crippen molar-refractivity contribution in [1.29, 1.82) is 0 Å². The minimum Gasteiger partial charge on any atom is -0.467 e. The van der Waals surface area contributed by atoms with E-state index in [1.807, 2.05) is 48.5 Å². The zero-order valence-electron chi connectivity index (χ0n) is 22.1. The van der Waals surface area contributed by atoms with Crippen LogP contribution < -0.4 is 4.90 Å². The largest absolute Gasteiger partial charge is 0.467 e. The summed E-state index contributed by atoms with van der Waals surface area (Å²) in [5, 5.41) is 0.267. The molecule has 0 saturated carbocycles. The first-order chi connectivity index (χ1) is 16.6. The number of likely N-dealkylation sites (N-methyl/N-ethyl adjacent to an activating group) is 1. The molecule has 3 aromatic heterocycles. The molecule has 0 unspecified atom stereocenters. The van der Waals surface area contributed by atoms with Gasteiger partial charge >= 0.3 is 12.2 Å². The van der Waals surface area contributed by atoms with Gasteiger partial charge < -0.3 is 18.8 Å². The fraction of sp³-hybridized carbons (Fsp3) is 0.500. The van der Waals surface area contributed by atoms with Gasteiger partial charge in [-0.05, 0) is 72.6 Å². The molecule has 3 aromatic rings. The van der Waals surface area contributed by atoms with Crippen molar-refractivity contribution in [2.24, 2.45) is 0 Å². The lowest BCUT2D eigenvalue weighted by Gasteiger charge is -2.27. The van der Waals surface area contributed by atoms with Crippen LogP contribution in [0.1, 0.15) is 57.7 Å². The van der Waals surface area contributed by atoms with E-state index in [0.29, 0.717) is 29.9 Å². The minimum absolute atomic E-state index is 0.172. The predicted molar refractivity (Wildman–Crippen MR) is 143 cm³/mol. The fourth-order valence-corrected chi connectivity index (χ4v) is 4.89. The van der Waals surface area contributed by atoms with Crippen LogP contribution in [-0.2, 0) is 22.4 Å². The van der Waals surface area contributed by atoms with Crippen molar-refractivity contribution in [2.75, 3.05) is 18.5 Å². The van der Waals surface area contributed by atoms with Crippen LogP contribution in [0, 0.1) is 6.92 Å². The van der Waals surface area contributed by atoms with Crippen molar-refractivity contribution >= 4 is 51.0 Å². The Balaban J connectivity index is 1.96. The predicted octanol–water partition coefficient (Wildman–Crippen LogP) is 7.20. The van der Waals surface area contributed by atoms with Crippen LogP contribution >= 0.6 is 22.9 Å². The maximum absolute atomic E-state index is 13.3. The number of halogens is 1. The van der Waals surface area contributed by atoms with Crippen LogP contribution in [0.25, 0.3) is 10.2 Å². The number of aryl methyl sites for hydroxylation is 1. The van der Waals surface area contributed by atoms with E-state index in [9.17, 15) is 9.59 Å². The Kier molecular flexibility index (Phi) is 8.25. The third-order valence-electron chi connectivity index (χ3n) is 5.10. The second-order valence-electron chi connectivity index (χ2n) is 10.6. The first kappa shape index (κ1) is 27.8. The van der Waals surface area contributed by atoms with Gasteiger partial charge in [0.2, 0.25) is 0 Å². The number of pyridine rings is 1. The van der Waals surface area contributed by atoms with Gasteiger partial charge in [-0.2, -0.15) is 0 Å². The highest BCUT2D eigenvalue weighted by Crippen LogP contribution is 2.39. The molecule has 0 aliphatic rings. The standard InChI is InChI=1S/C26H34ClN3O5S/c1-16-19(11-12-29(8)23(31)34-25(2,3)4)36-22-18(14-20(27)28-21(16)22)30(15-17-10-9-13-33-17)24(32)35-26(5,6)7/h9-10,13-14H,11-12,15H2,1-8H3. The summed E-state index contributed by atoms with van der Waals surface area (Å²) in [6.45, 7) is 13.6. The molecular formula is C26H34ClN3O5S. The van der Waals surface area contributed by atoms with E-state index < -0.39 is 17.3 Å². The van der Waals surface area contributed by atoms with Gasteiger partial charge in [0, 0.05) is 24.5 Å². The SMILES string of the molecule is Cc1c(CCN(C)C(=O)OC(C)(C)C)sc2c(N(Cc3ccco3)C(=O)OC(C)(C)C)cc(Cl)nc12. The van der Waals surface area contributed by atoms with Gasteiger partial charge in [0.25, 0.3) is 0 Å². The molecule has 0 aromatic carbocycles. The Morgan fingerprint density at radius 3 is 2.33 bits per heavy atom. The number of rotatable bonds is 6. The second-order valence-corrected chi connectivity index (χ2v) is 12.1. The number of anilines is 1. The average Bonchev–Trinajstić information content (AvgIpc) is 3.35. The van der Waals surface area contributed by atoms with E-state index >= 15 is 0 Å². The van der Waals surface area contributed by atoms with Crippen molar-refractivity contribution in [1.82, 2.24) is 9.88 Å². The molecule has 2 amide bonds. The summed E-state index contributed by atoms with van der Waals surface area (Å²) in [6.07, 6.45) is 1.27. The molecule has 8 nitrogen and oxygen atoms in total. The van der Waals surface area contributed by atoms with Gasteiger partial charge in [-0.15, -0.1) is 11.3 Å². The molecule has 196 valence electrons. The Bertz CT molecular complexity index is 1230. The van der Waals surface area contributed by atoms with Crippen molar-refractivity contribution in [3.8, 4) is 0 Å². The number of carbonyl (C=O) groups is 2. The maximum atomic E-state index is 13.3. The van der Waals surface area contributed by atoms with Crippen LogP contribution in [0.4, 0.5) is 15.3 Å². The summed E-state index contributed by atoms with van der Waals surface area (Å²) in [4.78, 5) is 34.3. The second kappa shape index (κ2) is 10.7. The Morgan fingerprint density at radius 1 is 1.11 bits per heavy atom. The number of hydrogen-bond acceptors (Lipinski definition) is 7. The highest BCUT2D eigenvalue weighted by molar-refractivity contribution is 7.19. The molecular weight excluding hydrogens is 502 g/mol. The molecule has 3 rings (SSSR count). The summed E-state index contributed by atoms with van der Waals surface area (Å²) in [5.41, 5.74) is 1.02. The number of amides is 2. The third-order valence-corrected chi connectivity index (χ3v) is 6.66. The lowest BCUT2D eigenvalue weighted by atomic mass is 10.2. The number of hydrogen-bond donors (Lipinski definition) is 0. The van der Waals surface area contributed by atoms with Gasteiger partial charge in [-0.1, -0.05) is 11.6 Å². The topological polar surface area (TPSA) is 85.1 Å². The number of ether oxygens (including phenoxy) is 2. The number of carbonyl (C=O) groups excluding carboxylic acids is 2. The van der Waals surface area contributed by atoms with Gasteiger partial charge in [0.1, 0.15) is 22.1 Å². The molecule has 0 fully saturated rings.